The van der Waals surface area contributed by atoms with Crippen molar-refractivity contribution in [3.63, 3.8) is 0 Å². The molecular formula is C20H31IN6OS. The first kappa shape index (κ1) is 23.8. The summed E-state index contributed by atoms with van der Waals surface area (Å²) in [6, 6.07) is 8.50. The quantitative estimate of drug-likeness (QED) is 0.327. The standard InChI is InChI=1S/C20H30N6OS.HI/c1-3-22-20(25-17-6-5-7-19(12-17)28(27)4-2)23-13-16-8-10-18(11-9-16)26-15-21-14-24-26;/h8-11,14-15,17,19H,3-7,12-13H2,1-2H3,(H2,22,23,25);1H. The van der Waals surface area contributed by atoms with Crippen molar-refractivity contribution in [2.24, 2.45) is 4.99 Å². The Morgan fingerprint density at radius 1 is 1.28 bits per heavy atom. The zero-order chi connectivity index (χ0) is 19.8. The number of hydrogen-bond donors (Lipinski definition) is 2. The lowest BCUT2D eigenvalue weighted by molar-refractivity contribution is 0.413. The van der Waals surface area contributed by atoms with E-state index in [9.17, 15) is 4.21 Å². The smallest absolute Gasteiger partial charge is 0.191 e. The third-order valence-corrected chi connectivity index (χ3v) is 6.75. The number of benzene rings is 1. The monoisotopic (exact) mass is 530 g/mol. The van der Waals surface area contributed by atoms with Gasteiger partial charge in [0.05, 0.1) is 12.2 Å². The van der Waals surface area contributed by atoms with Crippen LogP contribution in [0.25, 0.3) is 5.69 Å². The summed E-state index contributed by atoms with van der Waals surface area (Å²) < 4.78 is 13.9. The van der Waals surface area contributed by atoms with Gasteiger partial charge in [-0.25, -0.2) is 14.7 Å². The Morgan fingerprint density at radius 2 is 2.07 bits per heavy atom. The zero-order valence-electron chi connectivity index (χ0n) is 17.1. The van der Waals surface area contributed by atoms with Crippen LogP contribution < -0.4 is 10.6 Å². The van der Waals surface area contributed by atoms with Gasteiger partial charge in [0.2, 0.25) is 0 Å². The minimum absolute atomic E-state index is 0. The molecule has 3 unspecified atom stereocenters. The lowest BCUT2D eigenvalue weighted by Crippen LogP contribution is -2.46. The number of halogens is 1. The Bertz CT molecular complexity index is 781. The molecule has 1 fully saturated rings. The molecule has 1 heterocycles. The summed E-state index contributed by atoms with van der Waals surface area (Å²) in [5.41, 5.74) is 2.11. The van der Waals surface area contributed by atoms with Gasteiger partial charge in [0.1, 0.15) is 12.7 Å². The van der Waals surface area contributed by atoms with Crippen LogP contribution in [-0.2, 0) is 17.3 Å². The van der Waals surface area contributed by atoms with Gasteiger partial charge in [0.15, 0.2) is 5.96 Å². The first-order valence-corrected chi connectivity index (χ1v) is 11.4. The number of guanidine groups is 1. The number of hydrogen-bond acceptors (Lipinski definition) is 4. The third kappa shape index (κ3) is 7.06. The molecule has 7 nitrogen and oxygen atoms in total. The highest BCUT2D eigenvalue weighted by atomic mass is 127. The van der Waals surface area contributed by atoms with Gasteiger partial charge in [-0.1, -0.05) is 25.5 Å². The van der Waals surface area contributed by atoms with Crippen molar-refractivity contribution in [3.8, 4) is 5.69 Å². The average molecular weight is 530 g/mol. The Hall–Kier alpha value is -1.49. The second-order valence-electron chi connectivity index (χ2n) is 7.00. The fourth-order valence-electron chi connectivity index (χ4n) is 3.53. The topological polar surface area (TPSA) is 84.2 Å². The van der Waals surface area contributed by atoms with E-state index in [4.69, 9.17) is 4.99 Å². The number of nitrogens with one attached hydrogen (secondary N) is 2. The maximum atomic E-state index is 12.2. The van der Waals surface area contributed by atoms with Gasteiger partial charge in [0.25, 0.3) is 0 Å². The SMILES string of the molecule is CCNC(=NCc1ccc(-n2cncn2)cc1)NC1CCCC(S(=O)CC)C1.I. The summed E-state index contributed by atoms with van der Waals surface area (Å²) in [4.78, 5) is 8.72. The molecule has 3 rings (SSSR count). The minimum atomic E-state index is -0.713. The molecular weight excluding hydrogens is 499 g/mol. The second-order valence-corrected chi connectivity index (χ2v) is 9.01. The van der Waals surface area contributed by atoms with Crippen LogP contribution in [0.5, 0.6) is 0 Å². The first-order valence-electron chi connectivity index (χ1n) is 10.1. The van der Waals surface area contributed by atoms with Gasteiger partial charge in [0, 0.05) is 34.4 Å². The molecule has 0 bridgehead atoms. The first-order chi connectivity index (χ1) is 13.7. The molecule has 1 aliphatic rings. The molecule has 0 aliphatic heterocycles. The molecule has 1 aromatic heterocycles. The molecule has 29 heavy (non-hydrogen) atoms. The van der Waals surface area contributed by atoms with Crippen LogP contribution in [0.2, 0.25) is 0 Å². The molecule has 9 heteroatoms. The van der Waals surface area contributed by atoms with E-state index in [1.54, 1.807) is 11.0 Å². The van der Waals surface area contributed by atoms with Crippen LogP contribution in [0, 0.1) is 0 Å². The molecule has 0 amide bonds. The zero-order valence-corrected chi connectivity index (χ0v) is 20.2. The van der Waals surface area contributed by atoms with Crippen molar-refractivity contribution >= 4 is 40.7 Å². The van der Waals surface area contributed by atoms with Crippen LogP contribution in [0.4, 0.5) is 0 Å². The highest BCUT2D eigenvalue weighted by molar-refractivity contribution is 14.0. The van der Waals surface area contributed by atoms with E-state index in [-0.39, 0.29) is 24.0 Å². The summed E-state index contributed by atoms with van der Waals surface area (Å²) in [6.07, 6.45) is 7.47. The van der Waals surface area contributed by atoms with Crippen LogP contribution in [0.1, 0.15) is 45.1 Å². The van der Waals surface area contributed by atoms with E-state index in [0.717, 1.165) is 55.2 Å². The third-order valence-electron chi connectivity index (χ3n) is 5.01. The van der Waals surface area contributed by atoms with Crippen LogP contribution in [0.15, 0.2) is 41.9 Å². The van der Waals surface area contributed by atoms with Crippen molar-refractivity contribution in [1.82, 2.24) is 25.4 Å². The van der Waals surface area contributed by atoms with Gasteiger partial charge < -0.3 is 10.6 Å². The Labute approximate surface area is 192 Å². The molecule has 3 atom stereocenters. The maximum Gasteiger partial charge on any atom is 0.191 e. The average Bonchev–Trinajstić information content (AvgIpc) is 3.27. The number of nitrogens with zero attached hydrogens (tertiary/aromatic N) is 4. The highest BCUT2D eigenvalue weighted by Crippen LogP contribution is 2.23. The molecule has 1 aromatic carbocycles. The Morgan fingerprint density at radius 3 is 2.72 bits per heavy atom. The van der Waals surface area contributed by atoms with Crippen molar-refractivity contribution in [3.05, 3.63) is 42.5 Å². The summed E-state index contributed by atoms with van der Waals surface area (Å²) in [7, 11) is -0.713. The van der Waals surface area contributed by atoms with Crippen molar-refractivity contribution < 1.29 is 4.21 Å². The van der Waals surface area contributed by atoms with E-state index in [0.29, 0.717) is 17.8 Å². The summed E-state index contributed by atoms with van der Waals surface area (Å²) in [5.74, 6) is 1.58. The van der Waals surface area contributed by atoms with E-state index in [2.05, 4.69) is 39.8 Å². The molecule has 1 saturated carbocycles. The lowest BCUT2D eigenvalue weighted by Gasteiger charge is -2.30. The van der Waals surface area contributed by atoms with Crippen LogP contribution in [-0.4, -0.2) is 48.5 Å². The molecule has 0 spiro atoms. The van der Waals surface area contributed by atoms with Gasteiger partial charge in [-0.15, -0.1) is 24.0 Å². The molecule has 0 saturated heterocycles. The normalized spacial score (nSPS) is 20.6. The summed E-state index contributed by atoms with van der Waals surface area (Å²) in [5, 5.41) is 11.3. The molecule has 2 aromatic rings. The van der Waals surface area contributed by atoms with Crippen molar-refractivity contribution in [2.45, 2.75) is 57.4 Å². The Balaban J connectivity index is 0.00000300. The molecule has 1 aliphatic carbocycles. The predicted octanol–water partition coefficient (Wildman–Crippen LogP) is 3.02. The van der Waals surface area contributed by atoms with Crippen LogP contribution in [0.3, 0.4) is 0 Å². The number of aromatic nitrogens is 3. The predicted molar refractivity (Wildman–Crippen MR) is 129 cm³/mol. The fraction of sp³-hybridized carbons (Fsp3) is 0.550. The highest BCUT2D eigenvalue weighted by Gasteiger charge is 2.26. The van der Waals surface area contributed by atoms with Crippen molar-refractivity contribution in [1.29, 1.82) is 0 Å². The lowest BCUT2D eigenvalue weighted by atomic mass is 9.95. The summed E-state index contributed by atoms with van der Waals surface area (Å²) in [6.45, 7) is 5.49. The largest absolute Gasteiger partial charge is 0.357 e. The summed E-state index contributed by atoms with van der Waals surface area (Å²) >= 11 is 0. The molecule has 2 N–H and O–H groups in total. The maximum absolute atomic E-state index is 12.2. The van der Waals surface area contributed by atoms with E-state index in [1.807, 2.05) is 19.1 Å². The van der Waals surface area contributed by atoms with Crippen LogP contribution >= 0.6 is 24.0 Å². The van der Waals surface area contributed by atoms with Gasteiger partial charge in [-0.05, 0) is 43.9 Å². The Kier molecular flexibility index (Phi) is 10.1. The molecule has 160 valence electrons. The fourth-order valence-corrected chi connectivity index (χ4v) is 4.88. The second kappa shape index (κ2) is 12.3. The number of aliphatic imine (C=N–C) groups is 1. The minimum Gasteiger partial charge on any atom is -0.357 e. The molecule has 0 radical (unpaired) electrons. The van der Waals surface area contributed by atoms with Gasteiger partial charge in [-0.3, -0.25) is 4.21 Å². The van der Waals surface area contributed by atoms with Gasteiger partial charge >= 0.3 is 0 Å². The van der Waals surface area contributed by atoms with E-state index in [1.165, 1.54) is 6.33 Å². The van der Waals surface area contributed by atoms with Gasteiger partial charge in [-0.2, -0.15) is 5.10 Å². The van der Waals surface area contributed by atoms with Crippen molar-refractivity contribution in [2.75, 3.05) is 12.3 Å². The van der Waals surface area contributed by atoms with E-state index >= 15 is 0 Å². The number of rotatable bonds is 7. The van der Waals surface area contributed by atoms with E-state index < -0.39 is 10.8 Å².